The van der Waals surface area contributed by atoms with Gasteiger partial charge in [0.2, 0.25) is 0 Å². The molecule has 0 aliphatic rings. The Bertz CT molecular complexity index is 231. The van der Waals surface area contributed by atoms with Crippen LogP contribution in [0.1, 0.15) is 54.4 Å². The zero-order valence-electron chi connectivity index (χ0n) is 15.0. The van der Waals surface area contributed by atoms with Crippen molar-refractivity contribution >= 4 is 0 Å². The van der Waals surface area contributed by atoms with Crippen molar-refractivity contribution in [1.29, 1.82) is 0 Å². The van der Waals surface area contributed by atoms with Crippen LogP contribution >= 0.6 is 0 Å². The molecule has 1 atom stereocenters. The number of nitrogens with one attached hydrogen (secondary N) is 1. The third-order valence-corrected chi connectivity index (χ3v) is 3.53. The normalized spacial score (nSPS) is 15.3. The lowest BCUT2D eigenvalue weighted by Gasteiger charge is -2.34. The van der Waals surface area contributed by atoms with Crippen LogP contribution in [-0.2, 0) is 4.74 Å². The topological polar surface area (TPSA) is 24.5 Å². The first-order valence-electron chi connectivity index (χ1n) is 8.30. The predicted molar refractivity (Wildman–Crippen MR) is 89.3 cm³/mol. The minimum atomic E-state index is 0.332. The van der Waals surface area contributed by atoms with Crippen LogP contribution in [0.25, 0.3) is 0 Å². The van der Waals surface area contributed by atoms with Gasteiger partial charge in [0.1, 0.15) is 0 Å². The standard InChI is InChI=1S/C17H38N2O/c1-8-9-17(6,13-18-12-15(2)3)14-19(7)10-11-20-16(4)5/h15-16,18H,8-14H2,1-7H3. The fourth-order valence-electron chi connectivity index (χ4n) is 2.66. The molecule has 0 saturated heterocycles. The quantitative estimate of drug-likeness (QED) is 0.595. The van der Waals surface area contributed by atoms with Gasteiger partial charge in [0.15, 0.2) is 0 Å². The van der Waals surface area contributed by atoms with Crippen LogP contribution in [0, 0.1) is 11.3 Å². The molecule has 3 nitrogen and oxygen atoms in total. The summed E-state index contributed by atoms with van der Waals surface area (Å²) in [6.45, 7) is 18.6. The molecular weight excluding hydrogens is 248 g/mol. The van der Waals surface area contributed by atoms with Gasteiger partial charge < -0.3 is 15.0 Å². The van der Waals surface area contributed by atoms with Gasteiger partial charge in [-0.05, 0) is 45.2 Å². The Morgan fingerprint density at radius 1 is 1.20 bits per heavy atom. The van der Waals surface area contributed by atoms with Gasteiger partial charge in [0.25, 0.3) is 0 Å². The Labute approximate surface area is 127 Å². The second-order valence-corrected chi connectivity index (χ2v) is 7.24. The minimum absolute atomic E-state index is 0.332. The lowest BCUT2D eigenvalue weighted by molar-refractivity contribution is 0.0546. The van der Waals surface area contributed by atoms with Gasteiger partial charge in [-0.15, -0.1) is 0 Å². The highest BCUT2D eigenvalue weighted by molar-refractivity contribution is 4.80. The van der Waals surface area contributed by atoms with Gasteiger partial charge >= 0.3 is 0 Å². The van der Waals surface area contributed by atoms with E-state index in [4.69, 9.17) is 4.74 Å². The van der Waals surface area contributed by atoms with Gasteiger partial charge in [0.05, 0.1) is 12.7 Å². The molecule has 0 aromatic rings. The lowest BCUT2D eigenvalue weighted by atomic mass is 9.84. The van der Waals surface area contributed by atoms with Crippen LogP contribution in [0.2, 0.25) is 0 Å². The Hall–Kier alpha value is -0.120. The zero-order valence-corrected chi connectivity index (χ0v) is 15.0. The molecule has 1 unspecified atom stereocenters. The van der Waals surface area contributed by atoms with Crippen molar-refractivity contribution in [2.45, 2.75) is 60.5 Å². The monoisotopic (exact) mass is 286 g/mol. The summed E-state index contributed by atoms with van der Waals surface area (Å²) in [7, 11) is 2.21. The second-order valence-electron chi connectivity index (χ2n) is 7.24. The van der Waals surface area contributed by atoms with E-state index in [-0.39, 0.29) is 0 Å². The maximum Gasteiger partial charge on any atom is 0.0596 e. The van der Waals surface area contributed by atoms with E-state index in [1.54, 1.807) is 0 Å². The van der Waals surface area contributed by atoms with Crippen LogP contribution in [0.5, 0.6) is 0 Å². The summed E-state index contributed by atoms with van der Waals surface area (Å²) in [5, 5.41) is 3.63. The van der Waals surface area contributed by atoms with Crippen molar-refractivity contribution in [3.05, 3.63) is 0 Å². The molecule has 0 spiro atoms. The molecule has 0 fully saturated rings. The van der Waals surface area contributed by atoms with E-state index in [0.29, 0.717) is 11.5 Å². The average molecular weight is 287 g/mol. The molecule has 20 heavy (non-hydrogen) atoms. The molecule has 0 heterocycles. The van der Waals surface area contributed by atoms with Gasteiger partial charge in [-0.2, -0.15) is 0 Å². The minimum Gasteiger partial charge on any atom is -0.377 e. The van der Waals surface area contributed by atoms with Gasteiger partial charge in [-0.25, -0.2) is 0 Å². The summed E-state index contributed by atoms with van der Waals surface area (Å²) < 4.78 is 5.64. The first-order valence-corrected chi connectivity index (χ1v) is 8.30. The summed E-state index contributed by atoms with van der Waals surface area (Å²) in [6.07, 6.45) is 2.85. The van der Waals surface area contributed by atoms with Crippen molar-refractivity contribution in [2.75, 3.05) is 39.8 Å². The van der Waals surface area contributed by atoms with Crippen molar-refractivity contribution in [3.8, 4) is 0 Å². The number of likely N-dealkylation sites (N-methyl/N-ethyl adjacent to an activating group) is 1. The van der Waals surface area contributed by atoms with E-state index in [0.717, 1.165) is 38.7 Å². The Kier molecular flexibility index (Phi) is 10.5. The fraction of sp³-hybridized carbons (Fsp3) is 1.00. The molecule has 0 rings (SSSR count). The number of ether oxygens (including phenoxy) is 1. The van der Waals surface area contributed by atoms with Gasteiger partial charge in [-0.3, -0.25) is 0 Å². The van der Waals surface area contributed by atoms with Crippen LogP contribution < -0.4 is 5.32 Å². The Morgan fingerprint density at radius 3 is 2.35 bits per heavy atom. The predicted octanol–water partition coefficient (Wildman–Crippen LogP) is 3.40. The highest BCUT2D eigenvalue weighted by Crippen LogP contribution is 2.23. The van der Waals surface area contributed by atoms with Crippen LogP contribution in [-0.4, -0.2) is 50.8 Å². The number of nitrogens with zero attached hydrogens (tertiary/aromatic N) is 1. The SMILES string of the molecule is CCCC(C)(CNCC(C)C)CN(C)CCOC(C)C. The van der Waals surface area contributed by atoms with Crippen LogP contribution in [0.4, 0.5) is 0 Å². The summed E-state index contributed by atoms with van der Waals surface area (Å²) in [5.41, 5.74) is 0.357. The molecule has 0 bridgehead atoms. The molecule has 0 radical (unpaired) electrons. The van der Waals surface area contributed by atoms with E-state index >= 15 is 0 Å². The fourth-order valence-corrected chi connectivity index (χ4v) is 2.66. The summed E-state index contributed by atoms with van der Waals surface area (Å²) >= 11 is 0. The van der Waals surface area contributed by atoms with Gasteiger partial charge in [-0.1, -0.05) is 34.1 Å². The van der Waals surface area contributed by atoms with Crippen molar-refractivity contribution < 1.29 is 4.74 Å². The van der Waals surface area contributed by atoms with E-state index in [2.05, 4.69) is 58.8 Å². The van der Waals surface area contributed by atoms with E-state index < -0.39 is 0 Å². The molecule has 0 aromatic heterocycles. The smallest absolute Gasteiger partial charge is 0.0596 e. The average Bonchev–Trinajstić information content (AvgIpc) is 2.27. The molecule has 0 aliphatic carbocycles. The third kappa shape index (κ3) is 10.6. The van der Waals surface area contributed by atoms with Crippen molar-refractivity contribution in [3.63, 3.8) is 0 Å². The van der Waals surface area contributed by atoms with Crippen molar-refractivity contribution in [2.24, 2.45) is 11.3 Å². The Morgan fingerprint density at radius 2 is 1.85 bits per heavy atom. The van der Waals surface area contributed by atoms with E-state index in [1.807, 2.05) is 0 Å². The molecule has 0 amide bonds. The highest BCUT2D eigenvalue weighted by atomic mass is 16.5. The summed E-state index contributed by atoms with van der Waals surface area (Å²) in [5.74, 6) is 0.720. The molecular formula is C17H38N2O. The number of rotatable bonds is 12. The molecule has 0 aliphatic heterocycles. The first kappa shape index (κ1) is 19.9. The first-order chi connectivity index (χ1) is 9.29. The van der Waals surface area contributed by atoms with E-state index in [1.165, 1.54) is 12.8 Å². The maximum atomic E-state index is 5.64. The Balaban J connectivity index is 4.14. The number of hydrogen-bond acceptors (Lipinski definition) is 3. The lowest BCUT2D eigenvalue weighted by Crippen LogP contribution is -2.42. The van der Waals surface area contributed by atoms with Crippen LogP contribution in [0.3, 0.4) is 0 Å². The maximum absolute atomic E-state index is 5.64. The van der Waals surface area contributed by atoms with Crippen molar-refractivity contribution in [1.82, 2.24) is 10.2 Å². The second kappa shape index (κ2) is 10.6. The summed E-state index contributed by atoms with van der Waals surface area (Å²) in [4.78, 5) is 2.41. The molecule has 0 saturated carbocycles. The molecule has 0 aromatic carbocycles. The van der Waals surface area contributed by atoms with Gasteiger partial charge in [0, 0.05) is 19.6 Å². The van der Waals surface area contributed by atoms with Crippen LogP contribution in [0.15, 0.2) is 0 Å². The molecule has 1 N–H and O–H groups in total. The number of hydrogen-bond donors (Lipinski definition) is 1. The van der Waals surface area contributed by atoms with E-state index in [9.17, 15) is 0 Å². The largest absolute Gasteiger partial charge is 0.377 e. The highest BCUT2D eigenvalue weighted by Gasteiger charge is 2.24. The third-order valence-electron chi connectivity index (χ3n) is 3.53. The molecule has 122 valence electrons. The molecule has 3 heteroatoms. The zero-order chi connectivity index (χ0) is 15.6. The summed E-state index contributed by atoms with van der Waals surface area (Å²) in [6, 6.07) is 0.